The first kappa shape index (κ1) is 12.4. The third-order valence-electron chi connectivity index (χ3n) is 4.21. The predicted molar refractivity (Wildman–Crippen MR) is 69.6 cm³/mol. The highest BCUT2D eigenvalue weighted by molar-refractivity contribution is 4.87. The van der Waals surface area contributed by atoms with Crippen LogP contribution in [0.4, 0.5) is 0 Å². The molecule has 2 atom stereocenters. The molecule has 0 radical (unpaired) electrons. The van der Waals surface area contributed by atoms with Crippen LogP contribution >= 0.6 is 0 Å². The molecule has 1 aliphatic carbocycles. The van der Waals surface area contributed by atoms with E-state index < -0.39 is 0 Å². The minimum absolute atomic E-state index is 0.792. The van der Waals surface area contributed by atoms with Crippen molar-refractivity contribution in [2.75, 3.05) is 26.2 Å². The largest absolute Gasteiger partial charge is 0.314 e. The maximum atomic E-state index is 3.74. The molecular weight excluding hydrogens is 196 g/mol. The first-order valence-electron chi connectivity index (χ1n) is 7.29. The van der Waals surface area contributed by atoms with Crippen molar-refractivity contribution in [1.29, 1.82) is 0 Å². The van der Waals surface area contributed by atoms with Crippen molar-refractivity contribution in [2.24, 2.45) is 11.8 Å². The molecule has 0 spiro atoms. The van der Waals surface area contributed by atoms with Crippen molar-refractivity contribution in [2.45, 2.75) is 52.0 Å². The second-order valence-electron chi connectivity index (χ2n) is 5.72. The Morgan fingerprint density at radius 3 is 2.62 bits per heavy atom. The lowest BCUT2D eigenvalue weighted by atomic mass is 9.89. The van der Waals surface area contributed by atoms with Crippen molar-refractivity contribution >= 4 is 0 Å². The third kappa shape index (κ3) is 3.46. The molecular formula is C14H28N2. The summed E-state index contributed by atoms with van der Waals surface area (Å²) < 4.78 is 0. The molecule has 0 amide bonds. The summed E-state index contributed by atoms with van der Waals surface area (Å²) >= 11 is 0. The zero-order chi connectivity index (χ0) is 11.4. The van der Waals surface area contributed by atoms with Gasteiger partial charge in [0.1, 0.15) is 0 Å². The number of rotatable bonds is 6. The Balaban J connectivity index is 1.75. The minimum atomic E-state index is 0.792. The molecule has 94 valence electrons. The van der Waals surface area contributed by atoms with E-state index in [1.54, 1.807) is 0 Å². The average Bonchev–Trinajstić information content (AvgIpc) is 3.11. The van der Waals surface area contributed by atoms with Crippen molar-refractivity contribution in [1.82, 2.24) is 10.2 Å². The second kappa shape index (κ2) is 6.02. The number of piperidine rings is 1. The smallest absolute Gasteiger partial charge is 0.0120 e. The summed E-state index contributed by atoms with van der Waals surface area (Å²) in [6.07, 6.45) is 6.95. The molecule has 2 rings (SSSR count). The Morgan fingerprint density at radius 2 is 2.00 bits per heavy atom. The fraction of sp³-hybridized carbons (Fsp3) is 1.00. The summed E-state index contributed by atoms with van der Waals surface area (Å²) in [6, 6.07) is 0.792. The molecule has 1 heterocycles. The molecule has 2 fully saturated rings. The van der Waals surface area contributed by atoms with Crippen molar-refractivity contribution in [3.05, 3.63) is 0 Å². The van der Waals surface area contributed by atoms with Gasteiger partial charge >= 0.3 is 0 Å². The van der Waals surface area contributed by atoms with Gasteiger partial charge in [-0.15, -0.1) is 0 Å². The van der Waals surface area contributed by atoms with Crippen molar-refractivity contribution in [3.63, 3.8) is 0 Å². The van der Waals surface area contributed by atoms with Crippen LogP contribution in [-0.2, 0) is 0 Å². The Bertz CT molecular complexity index is 201. The van der Waals surface area contributed by atoms with Crippen LogP contribution in [0.2, 0.25) is 0 Å². The molecule has 2 unspecified atom stereocenters. The van der Waals surface area contributed by atoms with Gasteiger partial charge in [0.15, 0.2) is 0 Å². The summed E-state index contributed by atoms with van der Waals surface area (Å²) in [5, 5.41) is 3.74. The van der Waals surface area contributed by atoms with Gasteiger partial charge in [-0.05, 0) is 50.6 Å². The van der Waals surface area contributed by atoms with E-state index in [4.69, 9.17) is 0 Å². The Labute approximate surface area is 101 Å². The molecule has 1 N–H and O–H groups in total. The number of likely N-dealkylation sites (tertiary alicyclic amines) is 1. The Morgan fingerprint density at radius 1 is 1.19 bits per heavy atom. The highest BCUT2D eigenvalue weighted by Gasteiger charge is 2.31. The van der Waals surface area contributed by atoms with E-state index >= 15 is 0 Å². The molecule has 0 aromatic heterocycles. The van der Waals surface area contributed by atoms with Crippen LogP contribution in [0.25, 0.3) is 0 Å². The van der Waals surface area contributed by atoms with E-state index in [-0.39, 0.29) is 0 Å². The fourth-order valence-electron chi connectivity index (χ4n) is 2.95. The van der Waals surface area contributed by atoms with Crippen LogP contribution in [0, 0.1) is 11.8 Å². The monoisotopic (exact) mass is 224 g/mol. The van der Waals surface area contributed by atoms with E-state index in [0.29, 0.717) is 0 Å². The molecule has 16 heavy (non-hydrogen) atoms. The van der Waals surface area contributed by atoms with Crippen LogP contribution in [0.15, 0.2) is 0 Å². The van der Waals surface area contributed by atoms with Gasteiger partial charge in [0, 0.05) is 19.1 Å². The van der Waals surface area contributed by atoms with Crippen LogP contribution in [-0.4, -0.2) is 37.1 Å². The van der Waals surface area contributed by atoms with Gasteiger partial charge in [-0.1, -0.05) is 20.3 Å². The Hall–Kier alpha value is -0.0800. The highest BCUT2D eigenvalue weighted by Crippen LogP contribution is 2.31. The summed E-state index contributed by atoms with van der Waals surface area (Å²) in [5.41, 5.74) is 0. The lowest BCUT2D eigenvalue weighted by Crippen LogP contribution is -2.49. The summed E-state index contributed by atoms with van der Waals surface area (Å²) in [6.45, 7) is 9.87. The number of hydrogen-bond donors (Lipinski definition) is 1. The van der Waals surface area contributed by atoms with Crippen molar-refractivity contribution in [3.8, 4) is 0 Å². The fourth-order valence-corrected chi connectivity index (χ4v) is 2.95. The number of nitrogens with zero attached hydrogens (tertiary/aromatic N) is 1. The maximum absolute atomic E-state index is 3.74. The topological polar surface area (TPSA) is 15.3 Å². The predicted octanol–water partition coefficient (Wildman–Crippen LogP) is 2.50. The van der Waals surface area contributed by atoms with Gasteiger partial charge < -0.3 is 10.2 Å². The summed E-state index contributed by atoms with van der Waals surface area (Å²) in [7, 11) is 0. The van der Waals surface area contributed by atoms with Crippen LogP contribution < -0.4 is 5.32 Å². The quantitative estimate of drug-likeness (QED) is 0.746. The zero-order valence-electron chi connectivity index (χ0n) is 11.0. The third-order valence-corrected chi connectivity index (χ3v) is 4.21. The molecule has 0 aromatic rings. The van der Waals surface area contributed by atoms with E-state index in [9.17, 15) is 0 Å². The molecule has 1 aliphatic heterocycles. The first-order chi connectivity index (χ1) is 7.83. The standard InChI is InChI=1S/C14H28N2/c1-3-8-15-14-7-9-16(10-12-5-6-12)11-13(14)4-2/h12-15H,3-11H2,1-2H3. The lowest BCUT2D eigenvalue weighted by molar-refractivity contribution is 0.130. The molecule has 0 aromatic carbocycles. The zero-order valence-corrected chi connectivity index (χ0v) is 11.0. The van der Waals surface area contributed by atoms with Gasteiger partial charge in [0.05, 0.1) is 0 Å². The highest BCUT2D eigenvalue weighted by atomic mass is 15.2. The van der Waals surface area contributed by atoms with E-state index in [2.05, 4.69) is 24.1 Å². The molecule has 2 aliphatic rings. The average molecular weight is 224 g/mol. The molecule has 2 heteroatoms. The van der Waals surface area contributed by atoms with Gasteiger partial charge in [-0.25, -0.2) is 0 Å². The van der Waals surface area contributed by atoms with E-state index in [1.165, 1.54) is 58.3 Å². The second-order valence-corrected chi connectivity index (χ2v) is 5.72. The molecule has 1 saturated carbocycles. The normalized spacial score (nSPS) is 31.9. The van der Waals surface area contributed by atoms with Crippen molar-refractivity contribution < 1.29 is 0 Å². The van der Waals surface area contributed by atoms with Crippen LogP contribution in [0.1, 0.15) is 46.0 Å². The Kier molecular flexibility index (Phi) is 4.66. The first-order valence-corrected chi connectivity index (χ1v) is 7.29. The summed E-state index contributed by atoms with van der Waals surface area (Å²) in [4.78, 5) is 2.72. The van der Waals surface area contributed by atoms with Crippen LogP contribution in [0.3, 0.4) is 0 Å². The van der Waals surface area contributed by atoms with E-state index in [1.807, 2.05) is 0 Å². The molecule has 2 nitrogen and oxygen atoms in total. The SMILES string of the molecule is CCCNC1CCN(CC2CC2)CC1CC. The van der Waals surface area contributed by atoms with Gasteiger partial charge in [-0.2, -0.15) is 0 Å². The van der Waals surface area contributed by atoms with Gasteiger partial charge in [0.2, 0.25) is 0 Å². The molecule has 0 bridgehead atoms. The number of nitrogens with one attached hydrogen (secondary N) is 1. The minimum Gasteiger partial charge on any atom is -0.314 e. The lowest BCUT2D eigenvalue weighted by Gasteiger charge is -2.39. The van der Waals surface area contributed by atoms with E-state index in [0.717, 1.165) is 17.9 Å². The van der Waals surface area contributed by atoms with Gasteiger partial charge in [0.25, 0.3) is 0 Å². The van der Waals surface area contributed by atoms with Gasteiger partial charge in [-0.3, -0.25) is 0 Å². The number of hydrogen-bond acceptors (Lipinski definition) is 2. The summed E-state index contributed by atoms with van der Waals surface area (Å²) in [5.74, 6) is 1.94. The molecule has 1 saturated heterocycles. The maximum Gasteiger partial charge on any atom is 0.0120 e. The van der Waals surface area contributed by atoms with Crippen LogP contribution in [0.5, 0.6) is 0 Å².